The van der Waals surface area contributed by atoms with E-state index >= 15 is 0 Å². The Morgan fingerprint density at radius 3 is 2.48 bits per heavy atom. The molecule has 2 aromatic heterocycles. The summed E-state index contributed by atoms with van der Waals surface area (Å²) < 4.78 is 25.1. The average molecular weight is 347 g/mol. The maximum atomic E-state index is 11.5. The monoisotopic (exact) mass is 347 g/mol. The maximum absolute atomic E-state index is 11.5. The van der Waals surface area contributed by atoms with Gasteiger partial charge in [-0.25, -0.2) is 18.4 Å². The SMILES string of the molecule is CC(C)n1ccnc1-c1csc(-c2ccc(S(C)(=O)=O)cc2)n1. The second-order valence-electron chi connectivity index (χ2n) is 5.59. The Bertz CT molecular complexity index is 922. The van der Waals surface area contributed by atoms with Gasteiger partial charge in [-0.05, 0) is 26.0 Å². The van der Waals surface area contributed by atoms with Crippen LogP contribution in [0, 0.1) is 0 Å². The number of benzene rings is 1. The largest absolute Gasteiger partial charge is 0.327 e. The van der Waals surface area contributed by atoms with Crippen LogP contribution in [0.5, 0.6) is 0 Å². The van der Waals surface area contributed by atoms with Gasteiger partial charge in [0.05, 0.1) is 4.90 Å². The van der Waals surface area contributed by atoms with Crippen molar-refractivity contribution in [3.8, 4) is 22.1 Å². The Labute approximate surface area is 139 Å². The molecule has 0 fully saturated rings. The Balaban J connectivity index is 1.94. The van der Waals surface area contributed by atoms with E-state index in [-0.39, 0.29) is 0 Å². The first-order valence-electron chi connectivity index (χ1n) is 7.15. The van der Waals surface area contributed by atoms with Gasteiger partial charge in [-0.1, -0.05) is 12.1 Å². The molecule has 0 radical (unpaired) electrons. The minimum Gasteiger partial charge on any atom is -0.327 e. The molecule has 1 aromatic carbocycles. The topological polar surface area (TPSA) is 64.8 Å². The molecule has 0 unspecified atom stereocenters. The third kappa shape index (κ3) is 3.20. The van der Waals surface area contributed by atoms with Crippen LogP contribution in [0.4, 0.5) is 0 Å². The van der Waals surface area contributed by atoms with Crippen LogP contribution in [0.3, 0.4) is 0 Å². The molecule has 0 saturated carbocycles. The van der Waals surface area contributed by atoms with Crippen LogP contribution >= 0.6 is 11.3 Å². The number of sulfone groups is 1. The van der Waals surface area contributed by atoms with Crippen molar-refractivity contribution >= 4 is 21.2 Å². The predicted octanol–water partition coefficient (Wildman–Crippen LogP) is 3.66. The first kappa shape index (κ1) is 15.9. The van der Waals surface area contributed by atoms with Crippen molar-refractivity contribution in [2.24, 2.45) is 0 Å². The second kappa shape index (κ2) is 5.90. The van der Waals surface area contributed by atoms with Crippen LogP contribution < -0.4 is 0 Å². The standard InChI is InChI=1S/C16H17N3O2S2/c1-11(2)19-9-8-17-15(19)14-10-22-16(18-14)12-4-6-13(7-5-12)23(3,20)21/h4-11H,1-3H3. The summed E-state index contributed by atoms with van der Waals surface area (Å²) in [5.74, 6) is 0.843. The van der Waals surface area contributed by atoms with E-state index in [1.807, 2.05) is 11.6 Å². The summed E-state index contributed by atoms with van der Waals surface area (Å²) in [6.07, 6.45) is 4.92. The van der Waals surface area contributed by atoms with Crippen molar-refractivity contribution in [3.63, 3.8) is 0 Å². The highest BCUT2D eigenvalue weighted by atomic mass is 32.2. The summed E-state index contributed by atoms with van der Waals surface area (Å²) in [7, 11) is -3.18. The number of imidazole rings is 1. The van der Waals surface area contributed by atoms with Gasteiger partial charge in [0.1, 0.15) is 10.7 Å². The lowest BCUT2D eigenvalue weighted by Gasteiger charge is -2.09. The summed E-state index contributed by atoms with van der Waals surface area (Å²) in [6, 6.07) is 7.11. The van der Waals surface area contributed by atoms with E-state index in [0.29, 0.717) is 10.9 Å². The average Bonchev–Trinajstić information content (AvgIpc) is 3.15. The van der Waals surface area contributed by atoms with Crippen LogP contribution in [-0.2, 0) is 9.84 Å². The lowest BCUT2D eigenvalue weighted by molar-refractivity contribution is 0.602. The van der Waals surface area contributed by atoms with Crippen molar-refractivity contribution in [2.75, 3.05) is 6.26 Å². The Hall–Kier alpha value is -1.99. The van der Waals surface area contributed by atoms with Crippen molar-refractivity contribution in [1.82, 2.24) is 14.5 Å². The van der Waals surface area contributed by atoms with Gasteiger partial charge in [0.15, 0.2) is 15.7 Å². The van der Waals surface area contributed by atoms with Crippen molar-refractivity contribution in [3.05, 3.63) is 42.0 Å². The molecule has 5 nitrogen and oxygen atoms in total. The van der Waals surface area contributed by atoms with E-state index in [9.17, 15) is 8.42 Å². The zero-order chi connectivity index (χ0) is 16.6. The number of hydrogen-bond donors (Lipinski definition) is 0. The molecule has 0 atom stereocenters. The van der Waals surface area contributed by atoms with Crippen LogP contribution in [0.2, 0.25) is 0 Å². The second-order valence-corrected chi connectivity index (χ2v) is 8.46. The first-order chi connectivity index (χ1) is 10.9. The fourth-order valence-corrected chi connectivity index (χ4v) is 3.72. The van der Waals surface area contributed by atoms with E-state index in [1.165, 1.54) is 17.6 Å². The number of nitrogens with zero attached hydrogens (tertiary/aromatic N) is 3. The molecule has 0 N–H and O–H groups in total. The summed E-state index contributed by atoms with van der Waals surface area (Å²) in [4.78, 5) is 9.35. The molecule has 3 rings (SSSR count). The van der Waals surface area contributed by atoms with E-state index in [0.717, 1.165) is 22.1 Å². The fourth-order valence-electron chi connectivity index (χ4n) is 2.28. The molecule has 0 amide bonds. The van der Waals surface area contributed by atoms with Gasteiger partial charge in [-0.15, -0.1) is 11.3 Å². The fraction of sp³-hybridized carbons (Fsp3) is 0.250. The van der Waals surface area contributed by atoms with Crippen molar-refractivity contribution in [2.45, 2.75) is 24.8 Å². The van der Waals surface area contributed by atoms with Gasteiger partial charge in [0.2, 0.25) is 0 Å². The normalized spacial score (nSPS) is 12.0. The van der Waals surface area contributed by atoms with E-state index in [4.69, 9.17) is 0 Å². The molecule has 7 heteroatoms. The molecular weight excluding hydrogens is 330 g/mol. The lowest BCUT2D eigenvalue weighted by atomic mass is 10.2. The summed E-state index contributed by atoms with van der Waals surface area (Å²) in [5.41, 5.74) is 1.73. The highest BCUT2D eigenvalue weighted by Crippen LogP contribution is 2.29. The maximum Gasteiger partial charge on any atom is 0.175 e. The van der Waals surface area contributed by atoms with Crippen LogP contribution in [-0.4, -0.2) is 29.2 Å². The van der Waals surface area contributed by atoms with Gasteiger partial charge in [-0.3, -0.25) is 0 Å². The molecule has 0 spiro atoms. The molecule has 0 aliphatic rings. The molecular formula is C16H17N3O2S2. The van der Waals surface area contributed by atoms with Gasteiger partial charge in [0, 0.05) is 35.6 Å². The third-order valence-corrected chi connectivity index (χ3v) is 5.51. The van der Waals surface area contributed by atoms with E-state index in [2.05, 4.69) is 28.4 Å². The summed E-state index contributed by atoms with van der Waals surface area (Å²) in [5, 5.41) is 2.82. The Morgan fingerprint density at radius 1 is 1.17 bits per heavy atom. The highest BCUT2D eigenvalue weighted by molar-refractivity contribution is 7.90. The Kier molecular flexibility index (Phi) is 4.08. The molecule has 120 valence electrons. The molecule has 0 aliphatic heterocycles. The van der Waals surface area contributed by atoms with Gasteiger partial charge >= 0.3 is 0 Å². The zero-order valence-corrected chi connectivity index (χ0v) is 14.7. The molecule has 23 heavy (non-hydrogen) atoms. The number of aromatic nitrogens is 3. The zero-order valence-electron chi connectivity index (χ0n) is 13.1. The minimum atomic E-state index is -3.18. The number of hydrogen-bond acceptors (Lipinski definition) is 5. The Morgan fingerprint density at radius 2 is 1.87 bits per heavy atom. The summed E-state index contributed by atoms with van der Waals surface area (Å²) in [6.45, 7) is 4.20. The molecule has 2 heterocycles. The minimum absolute atomic E-state index is 0.312. The molecule has 0 aliphatic carbocycles. The smallest absolute Gasteiger partial charge is 0.175 e. The number of rotatable bonds is 4. The molecule has 0 saturated heterocycles. The van der Waals surface area contributed by atoms with Crippen molar-refractivity contribution in [1.29, 1.82) is 0 Å². The third-order valence-electron chi connectivity index (χ3n) is 3.49. The summed E-state index contributed by atoms with van der Waals surface area (Å²) >= 11 is 1.52. The number of thiazole rings is 1. The molecule has 0 bridgehead atoms. The van der Waals surface area contributed by atoms with Crippen LogP contribution in [0.25, 0.3) is 22.1 Å². The van der Waals surface area contributed by atoms with Crippen molar-refractivity contribution < 1.29 is 8.42 Å². The first-order valence-corrected chi connectivity index (χ1v) is 9.92. The molecule has 3 aromatic rings. The highest BCUT2D eigenvalue weighted by Gasteiger charge is 2.14. The quantitative estimate of drug-likeness (QED) is 0.722. The van der Waals surface area contributed by atoms with E-state index in [1.54, 1.807) is 30.5 Å². The van der Waals surface area contributed by atoms with E-state index < -0.39 is 9.84 Å². The van der Waals surface area contributed by atoms with Gasteiger partial charge in [-0.2, -0.15) is 0 Å². The van der Waals surface area contributed by atoms with Gasteiger partial charge in [0.25, 0.3) is 0 Å². The van der Waals surface area contributed by atoms with Crippen LogP contribution in [0.1, 0.15) is 19.9 Å². The predicted molar refractivity (Wildman–Crippen MR) is 92.3 cm³/mol. The van der Waals surface area contributed by atoms with Crippen LogP contribution in [0.15, 0.2) is 46.9 Å². The lowest BCUT2D eigenvalue weighted by Crippen LogP contribution is -2.01. The van der Waals surface area contributed by atoms with Gasteiger partial charge < -0.3 is 4.57 Å².